The highest BCUT2D eigenvalue weighted by Gasteiger charge is 2.22. The molecular formula is C15H14N2O4. The number of nitro groups is 1. The van der Waals surface area contributed by atoms with Gasteiger partial charge in [0.25, 0.3) is 11.6 Å². The summed E-state index contributed by atoms with van der Waals surface area (Å²) >= 11 is 0. The Labute approximate surface area is 121 Å². The third-order valence-corrected chi connectivity index (χ3v) is 3.10. The van der Waals surface area contributed by atoms with E-state index in [1.807, 2.05) is 0 Å². The Morgan fingerprint density at radius 2 is 1.95 bits per heavy atom. The first kappa shape index (κ1) is 14.7. The lowest BCUT2D eigenvalue weighted by Crippen LogP contribution is -2.15. The lowest BCUT2D eigenvalue weighted by atomic mass is 10.1. The van der Waals surface area contributed by atoms with Crippen molar-refractivity contribution in [2.24, 2.45) is 0 Å². The SMILES string of the molecule is Cc1cccc(C(=O)Nc2ccccc2CO)c1[N+](=O)[O-]. The predicted octanol–water partition coefficient (Wildman–Crippen LogP) is 2.65. The average Bonchev–Trinajstić information content (AvgIpc) is 2.47. The molecule has 0 saturated heterocycles. The molecule has 0 aliphatic heterocycles. The number of nitrogens with one attached hydrogen (secondary N) is 1. The van der Waals surface area contributed by atoms with E-state index in [0.717, 1.165) is 0 Å². The number of amides is 1. The fourth-order valence-electron chi connectivity index (χ4n) is 2.05. The Kier molecular flexibility index (Phi) is 4.30. The maximum atomic E-state index is 12.3. The van der Waals surface area contributed by atoms with E-state index in [2.05, 4.69) is 5.32 Å². The van der Waals surface area contributed by atoms with Crippen LogP contribution in [-0.4, -0.2) is 15.9 Å². The second-order valence-electron chi connectivity index (χ2n) is 4.50. The first-order valence-corrected chi connectivity index (χ1v) is 6.28. The molecule has 108 valence electrons. The van der Waals surface area contributed by atoms with Gasteiger partial charge in [-0.25, -0.2) is 0 Å². The van der Waals surface area contributed by atoms with Gasteiger partial charge in [0.1, 0.15) is 5.56 Å². The van der Waals surface area contributed by atoms with E-state index in [0.29, 0.717) is 16.8 Å². The van der Waals surface area contributed by atoms with Gasteiger partial charge in [0.15, 0.2) is 0 Å². The summed E-state index contributed by atoms with van der Waals surface area (Å²) in [6.07, 6.45) is 0. The topological polar surface area (TPSA) is 92.5 Å². The molecule has 0 bridgehead atoms. The normalized spacial score (nSPS) is 10.2. The van der Waals surface area contributed by atoms with Crippen molar-refractivity contribution in [3.63, 3.8) is 0 Å². The summed E-state index contributed by atoms with van der Waals surface area (Å²) in [5.74, 6) is -0.577. The number of nitrogens with zero attached hydrogens (tertiary/aromatic N) is 1. The number of hydrogen-bond donors (Lipinski definition) is 2. The van der Waals surface area contributed by atoms with Gasteiger partial charge < -0.3 is 10.4 Å². The molecule has 0 aromatic heterocycles. The fourth-order valence-corrected chi connectivity index (χ4v) is 2.05. The Bertz CT molecular complexity index is 698. The van der Waals surface area contributed by atoms with Gasteiger partial charge >= 0.3 is 0 Å². The number of hydrogen-bond acceptors (Lipinski definition) is 4. The Balaban J connectivity index is 2.38. The van der Waals surface area contributed by atoms with Gasteiger partial charge in [-0.3, -0.25) is 14.9 Å². The van der Waals surface area contributed by atoms with Crippen LogP contribution in [0, 0.1) is 17.0 Å². The summed E-state index contributed by atoms with van der Waals surface area (Å²) in [6, 6.07) is 11.3. The summed E-state index contributed by atoms with van der Waals surface area (Å²) in [5, 5.41) is 22.9. The third kappa shape index (κ3) is 3.06. The Morgan fingerprint density at radius 1 is 1.24 bits per heavy atom. The minimum atomic E-state index is -0.577. The highest BCUT2D eigenvalue weighted by atomic mass is 16.6. The van der Waals surface area contributed by atoms with Crippen molar-refractivity contribution in [1.29, 1.82) is 0 Å². The maximum absolute atomic E-state index is 12.3. The molecule has 0 aliphatic carbocycles. The van der Waals surface area contributed by atoms with Gasteiger partial charge in [0.2, 0.25) is 0 Å². The van der Waals surface area contributed by atoms with Crippen LogP contribution in [0.3, 0.4) is 0 Å². The molecule has 0 saturated carbocycles. The van der Waals surface area contributed by atoms with Crippen molar-refractivity contribution < 1.29 is 14.8 Å². The van der Waals surface area contributed by atoms with E-state index in [4.69, 9.17) is 0 Å². The quantitative estimate of drug-likeness (QED) is 0.667. The van der Waals surface area contributed by atoms with Crippen molar-refractivity contribution in [2.45, 2.75) is 13.5 Å². The number of benzene rings is 2. The molecule has 1 amide bonds. The molecule has 0 aliphatic rings. The minimum Gasteiger partial charge on any atom is -0.392 e. The van der Waals surface area contributed by atoms with Crippen LogP contribution in [0.2, 0.25) is 0 Å². The third-order valence-electron chi connectivity index (χ3n) is 3.10. The number of aliphatic hydroxyl groups excluding tert-OH is 1. The largest absolute Gasteiger partial charge is 0.392 e. The van der Waals surface area contributed by atoms with Crippen LogP contribution in [0.5, 0.6) is 0 Å². The van der Waals surface area contributed by atoms with Gasteiger partial charge in [-0.15, -0.1) is 0 Å². The second-order valence-corrected chi connectivity index (χ2v) is 4.50. The first-order valence-electron chi connectivity index (χ1n) is 6.28. The van der Waals surface area contributed by atoms with Gasteiger partial charge in [0, 0.05) is 16.8 Å². The number of aryl methyl sites for hydroxylation is 1. The molecular weight excluding hydrogens is 272 g/mol. The van der Waals surface area contributed by atoms with Crippen LogP contribution < -0.4 is 5.32 Å². The number of para-hydroxylation sites is 2. The molecule has 0 heterocycles. The molecule has 2 aromatic rings. The standard InChI is InChI=1S/C15H14N2O4/c1-10-5-4-7-12(14(10)17(20)21)15(19)16-13-8-3-2-6-11(13)9-18/h2-8,18H,9H2,1H3,(H,16,19). The van der Waals surface area contributed by atoms with E-state index in [1.165, 1.54) is 6.07 Å². The molecule has 6 nitrogen and oxygen atoms in total. The van der Waals surface area contributed by atoms with Crippen LogP contribution in [0.1, 0.15) is 21.5 Å². The van der Waals surface area contributed by atoms with Crippen molar-refractivity contribution >= 4 is 17.3 Å². The molecule has 2 aromatic carbocycles. The number of rotatable bonds is 4. The van der Waals surface area contributed by atoms with E-state index >= 15 is 0 Å². The average molecular weight is 286 g/mol. The van der Waals surface area contributed by atoms with Crippen molar-refractivity contribution in [3.05, 3.63) is 69.3 Å². The van der Waals surface area contributed by atoms with Crippen molar-refractivity contribution in [1.82, 2.24) is 0 Å². The monoisotopic (exact) mass is 286 g/mol. The summed E-state index contributed by atoms with van der Waals surface area (Å²) in [5.41, 5.74) is 1.18. The number of carbonyl (C=O) groups is 1. The summed E-state index contributed by atoms with van der Waals surface area (Å²) in [4.78, 5) is 22.8. The molecule has 2 rings (SSSR count). The van der Waals surface area contributed by atoms with Crippen LogP contribution in [0.25, 0.3) is 0 Å². The van der Waals surface area contributed by atoms with Crippen LogP contribution in [0.4, 0.5) is 11.4 Å². The molecule has 0 atom stereocenters. The molecule has 21 heavy (non-hydrogen) atoms. The van der Waals surface area contributed by atoms with E-state index in [9.17, 15) is 20.0 Å². The molecule has 6 heteroatoms. The fraction of sp³-hybridized carbons (Fsp3) is 0.133. The van der Waals surface area contributed by atoms with E-state index in [1.54, 1.807) is 43.3 Å². The smallest absolute Gasteiger partial charge is 0.285 e. The predicted molar refractivity (Wildman–Crippen MR) is 78.2 cm³/mol. The van der Waals surface area contributed by atoms with Gasteiger partial charge in [0.05, 0.1) is 11.5 Å². The van der Waals surface area contributed by atoms with Crippen LogP contribution in [-0.2, 0) is 6.61 Å². The summed E-state index contributed by atoms with van der Waals surface area (Å²) < 4.78 is 0. The Morgan fingerprint density at radius 3 is 2.62 bits per heavy atom. The highest BCUT2D eigenvalue weighted by molar-refractivity contribution is 6.07. The molecule has 2 N–H and O–H groups in total. The summed E-state index contributed by atoms with van der Waals surface area (Å²) in [6.45, 7) is 1.35. The van der Waals surface area contributed by atoms with Gasteiger partial charge in [-0.05, 0) is 19.1 Å². The lowest BCUT2D eigenvalue weighted by molar-refractivity contribution is -0.385. The zero-order valence-electron chi connectivity index (χ0n) is 11.4. The number of nitro benzene ring substituents is 1. The first-order chi connectivity index (χ1) is 10.0. The van der Waals surface area contributed by atoms with Gasteiger partial charge in [-0.2, -0.15) is 0 Å². The molecule has 0 fully saturated rings. The lowest BCUT2D eigenvalue weighted by Gasteiger charge is -2.10. The molecule has 0 radical (unpaired) electrons. The van der Waals surface area contributed by atoms with Gasteiger partial charge in [-0.1, -0.05) is 30.3 Å². The minimum absolute atomic E-state index is 0.00672. The summed E-state index contributed by atoms with van der Waals surface area (Å²) in [7, 11) is 0. The number of anilines is 1. The van der Waals surface area contributed by atoms with Crippen LogP contribution in [0.15, 0.2) is 42.5 Å². The van der Waals surface area contributed by atoms with Crippen molar-refractivity contribution in [2.75, 3.05) is 5.32 Å². The van der Waals surface area contributed by atoms with E-state index in [-0.39, 0.29) is 17.9 Å². The zero-order valence-corrected chi connectivity index (χ0v) is 11.4. The highest BCUT2D eigenvalue weighted by Crippen LogP contribution is 2.24. The number of aliphatic hydroxyl groups is 1. The van der Waals surface area contributed by atoms with E-state index < -0.39 is 10.8 Å². The second kappa shape index (κ2) is 6.15. The number of carbonyl (C=O) groups excluding carboxylic acids is 1. The van der Waals surface area contributed by atoms with Crippen LogP contribution >= 0.6 is 0 Å². The Hall–Kier alpha value is -2.73. The van der Waals surface area contributed by atoms with Crippen molar-refractivity contribution in [3.8, 4) is 0 Å². The maximum Gasteiger partial charge on any atom is 0.285 e. The molecule has 0 spiro atoms. The molecule has 0 unspecified atom stereocenters. The zero-order chi connectivity index (χ0) is 15.4.